The summed E-state index contributed by atoms with van der Waals surface area (Å²) in [4.78, 5) is 73.4. The monoisotopic (exact) mass is 1580 g/mol. The van der Waals surface area contributed by atoms with Crippen LogP contribution < -0.4 is 0 Å². The molecule has 642 valence electrons. The maximum Gasteiger partial charge on any atom is 0.472 e. The molecule has 0 saturated heterocycles. The zero-order valence-electron chi connectivity index (χ0n) is 71.3. The van der Waals surface area contributed by atoms with E-state index < -0.39 is 97.5 Å². The molecule has 0 aromatic heterocycles. The molecule has 0 fully saturated rings. The summed E-state index contributed by atoms with van der Waals surface area (Å²) < 4.78 is 69.0. The molecular weight excluding hydrogens is 1400 g/mol. The third-order valence-corrected chi connectivity index (χ3v) is 23.1. The van der Waals surface area contributed by atoms with E-state index in [-0.39, 0.29) is 25.7 Å². The molecule has 19 heteroatoms. The van der Waals surface area contributed by atoms with E-state index in [1.807, 2.05) is 0 Å². The molecule has 0 aliphatic heterocycles. The normalized spacial score (nSPS) is 14.1. The number of aliphatic hydroxyl groups excluding tert-OH is 1. The second kappa shape index (κ2) is 78.9. The van der Waals surface area contributed by atoms with Crippen molar-refractivity contribution in [1.29, 1.82) is 0 Å². The molecule has 0 spiro atoms. The van der Waals surface area contributed by atoms with Crippen LogP contribution in [0.2, 0.25) is 0 Å². The van der Waals surface area contributed by atoms with Gasteiger partial charge in [-0.3, -0.25) is 37.3 Å². The van der Waals surface area contributed by atoms with Gasteiger partial charge in [-0.1, -0.05) is 421 Å². The molecule has 0 radical (unpaired) electrons. The van der Waals surface area contributed by atoms with E-state index in [9.17, 15) is 43.2 Å². The van der Waals surface area contributed by atoms with Crippen molar-refractivity contribution in [3.05, 3.63) is 0 Å². The Balaban J connectivity index is 5.26. The predicted molar refractivity (Wildman–Crippen MR) is 446 cm³/mol. The molecule has 0 saturated carbocycles. The third kappa shape index (κ3) is 80.7. The fourth-order valence-corrected chi connectivity index (χ4v) is 15.4. The van der Waals surface area contributed by atoms with Gasteiger partial charge in [0, 0.05) is 25.7 Å². The number of hydrogen-bond donors (Lipinski definition) is 3. The fourth-order valence-electron chi connectivity index (χ4n) is 13.9. The van der Waals surface area contributed by atoms with Crippen LogP contribution in [0.5, 0.6) is 0 Å². The van der Waals surface area contributed by atoms with E-state index in [2.05, 4.69) is 48.5 Å². The number of aliphatic hydroxyl groups is 1. The largest absolute Gasteiger partial charge is 0.472 e. The quantitative estimate of drug-likeness (QED) is 0.0222. The maximum absolute atomic E-state index is 13.2. The van der Waals surface area contributed by atoms with Gasteiger partial charge >= 0.3 is 39.5 Å². The first kappa shape index (κ1) is 106. The number of phosphoric acid groups is 2. The Bertz CT molecular complexity index is 2080. The van der Waals surface area contributed by atoms with Gasteiger partial charge < -0.3 is 33.8 Å². The van der Waals surface area contributed by atoms with Crippen molar-refractivity contribution in [2.45, 2.75) is 491 Å². The van der Waals surface area contributed by atoms with Gasteiger partial charge in [-0.2, -0.15) is 0 Å². The second-order valence-corrected chi connectivity index (χ2v) is 36.1. The van der Waals surface area contributed by atoms with Crippen molar-refractivity contribution in [2.75, 3.05) is 39.6 Å². The summed E-state index contributed by atoms with van der Waals surface area (Å²) in [5, 5.41) is 10.7. The van der Waals surface area contributed by atoms with E-state index in [0.717, 1.165) is 108 Å². The molecule has 0 rings (SSSR count). The van der Waals surface area contributed by atoms with Crippen molar-refractivity contribution < 1.29 is 80.2 Å². The van der Waals surface area contributed by atoms with Crippen LogP contribution >= 0.6 is 15.6 Å². The molecule has 17 nitrogen and oxygen atoms in total. The van der Waals surface area contributed by atoms with Gasteiger partial charge in [0.15, 0.2) is 12.2 Å². The minimum atomic E-state index is -4.97. The average molecular weight is 1580 g/mol. The molecular formula is C89H174O17P2. The summed E-state index contributed by atoms with van der Waals surface area (Å²) in [5.74, 6) is 0.293. The summed E-state index contributed by atoms with van der Waals surface area (Å²) in [6.45, 7) is 12.1. The molecule has 0 bridgehead atoms. The van der Waals surface area contributed by atoms with Crippen LogP contribution in [0.3, 0.4) is 0 Å². The molecule has 3 N–H and O–H groups in total. The summed E-state index contributed by atoms with van der Waals surface area (Å²) in [5.41, 5.74) is 0. The Morgan fingerprint density at radius 1 is 0.269 bits per heavy atom. The number of ether oxygens (including phenoxy) is 4. The highest BCUT2D eigenvalue weighted by Gasteiger charge is 2.31. The zero-order chi connectivity index (χ0) is 79.3. The summed E-state index contributed by atoms with van der Waals surface area (Å²) in [7, 11) is -9.93. The van der Waals surface area contributed by atoms with Gasteiger partial charge in [-0.15, -0.1) is 0 Å². The van der Waals surface area contributed by atoms with Crippen molar-refractivity contribution >= 4 is 39.5 Å². The average Bonchev–Trinajstić information content (AvgIpc) is 0.900. The van der Waals surface area contributed by atoms with Crippen molar-refractivity contribution in [3.63, 3.8) is 0 Å². The van der Waals surface area contributed by atoms with Gasteiger partial charge in [-0.25, -0.2) is 9.13 Å². The first-order chi connectivity index (χ1) is 52.3. The lowest BCUT2D eigenvalue weighted by Gasteiger charge is -2.21. The number of carbonyl (C=O) groups is 4. The molecule has 0 aliphatic carbocycles. The van der Waals surface area contributed by atoms with Crippen LogP contribution in [0.15, 0.2) is 0 Å². The SMILES string of the molecule is CCCCCCCCCCCCCCCCCCCCC(=O)OC[C@H](COP(=O)(O)OC[C@@H](O)COP(=O)(O)OC[C@@H](COC(=O)CCCCCCCCCCC(C)CC)OC(=O)CCCCCCCCCCCCCCCCC(C)C)OC(=O)CCCCCCCCCCCCCCCCCCCCC(C)C. The number of hydrogen-bond acceptors (Lipinski definition) is 15. The van der Waals surface area contributed by atoms with E-state index in [1.165, 1.54) is 283 Å². The van der Waals surface area contributed by atoms with E-state index >= 15 is 0 Å². The number of unbranched alkanes of at least 4 members (excludes halogenated alkanes) is 54. The lowest BCUT2D eigenvalue weighted by molar-refractivity contribution is -0.161. The molecule has 0 amide bonds. The smallest absolute Gasteiger partial charge is 0.462 e. The molecule has 0 heterocycles. The Morgan fingerprint density at radius 3 is 0.704 bits per heavy atom. The molecule has 108 heavy (non-hydrogen) atoms. The maximum atomic E-state index is 13.2. The number of rotatable bonds is 87. The molecule has 3 unspecified atom stereocenters. The van der Waals surface area contributed by atoms with E-state index in [4.69, 9.17) is 37.0 Å². The van der Waals surface area contributed by atoms with E-state index in [1.54, 1.807) is 0 Å². The van der Waals surface area contributed by atoms with Crippen molar-refractivity contribution in [2.24, 2.45) is 17.8 Å². The molecule has 0 aromatic rings. The van der Waals surface area contributed by atoms with Gasteiger partial charge in [0.2, 0.25) is 0 Å². The summed E-state index contributed by atoms with van der Waals surface area (Å²) >= 11 is 0. The van der Waals surface area contributed by atoms with Gasteiger partial charge in [0.1, 0.15) is 19.3 Å². The standard InChI is InChI=1S/C89H174O17P2/c1-8-10-11-12-13-14-15-16-17-18-22-25-31-36-41-49-56-63-70-86(91)99-76-84(105-88(93)72-65-58-51-42-37-32-26-23-20-19-21-24-29-34-39-46-53-60-67-80(3)4)78-103-107(95,96)101-74-83(90)75-102-108(97,98)104-79-85(77-100-87(92)71-64-57-50-45-44-48-55-62-69-82(7)9-2)106-89(94)73-66-59-52-43-38-33-28-27-30-35-40-47-54-61-68-81(5)6/h80-85,90H,8-79H2,1-7H3,(H,95,96)(H,97,98)/t82?,83-,84-,85-/m1/s1. The van der Waals surface area contributed by atoms with Crippen LogP contribution in [-0.4, -0.2) is 96.7 Å². The first-order valence-corrected chi connectivity index (χ1v) is 48.9. The highest BCUT2D eigenvalue weighted by atomic mass is 31.2. The summed E-state index contributed by atoms with van der Waals surface area (Å²) in [6.07, 6.45) is 70.8. The Morgan fingerprint density at radius 2 is 0.472 bits per heavy atom. The van der Waals surface area contributed by atoms with Crippen LogP contribution in [0.25, 0.3) is 0 Å². The topological polar surface area (TPSA) is 237 Å². The van der Waals surface area contributed by atoms with Crippen molar-refractivity contribution in [3.8, 4) is 0 Å². The Hall–Kier alpha value is -1.94. The zero-order valence-corrected chi connectivity index (χ0v) is 73.1. The Kier molecular flexibility index (Phi) is 77.5. The second-order valence-electron chi connectivity index (χ2n) is 33.2. The van der Waals surface area contributed by atoms with Gasteiger partial charge in [0.05, 0.1) is 26.4 Å². The first-order valence-electron chi connectivity index (χ1n) is 45.9. The van der Waals surface area contributed by atoms with Crippen molar-refractivity contribution in [1.82, 2.24) is 0 Å². The highest BCUT2D eigenvalue weighted by Crippen LogP contribution is 2.45. The minimum Gasteiger partial charge on any atom is -0.462 e. The van der Waals surface area contributed by atoms with E-state index in [0.29, 0.717) is 25.7 Å². The van der Waals surface area contributed by atoms with Gasteiger partial charge in [0.25, 0.3) is 0 Å². The Labute approximate surface area is 664 Å². The minimum absolute atomic E-state index is 0.107. The summed E-state index contributed by atoms with van der Waals surface area (Å²) in [6, 6.07) is 0. The van der Waals surface area contributed by atoms with Crippen LogP contribution in [-0.2, 0) is 65.4 Å². The molecule has 0 aromatic carbocycles. The van der Waals surface area contributed by atoms with Crippen LogP contribution in [0.4, 0.5) is 0 Å². The molecule has 0 aliphatic rings. The lowest BCUT2D eigenvalue weighted by atomic mass is 9.99. The highest BCUT2D eigenvalue weighted by molar-refractivity contribution is 7.47. The van der Waals surface area contributed by atoms with Crippen LogP contribution in [0.1, 0.15) is 472 Å². The third-order valence-electron chi connectivity index (χ3n) is 21.2. The predicted octanol–water partition coefficient (Wildman–Crippen LogP) is 27.3. The fraction of sp³-hybridized carbons (Fsp3) is 0.955. The molecule has 6 atom stereocenters. The van der Waals surface area contributed by atoms with Crippen LogP contribution in [0, 0.1) is 17.8 Å². The van der Waals surface area contributed by atoms with Gasteiger partial charge in [-0.05, 0) is 43.4 Å². The lowest BCUT2D eigenvalue weighted by Crippen LogP contribution is -2.30. The number of esters is 4. The number of carbonyl (C=O) groups excluding carboxylic acids is 4. The number of phosphoric ester groups is 2.